The number of carboxylic acid groups (broad SMARTS) is 1. The van der Waals surface area contributed by atoms with E-state index in [4.69, 9.17) is 5.11 Å². The van der Waals surface area contributed by atoms with E-state index in [0.717, 1.165) is 32.1 Å². The molecule has 3 N–H and O–H groups in total. The standard InChI is InChI=1S/C17H34N2O4.K/c1-3-5-7-15(20)13-18-10-12-19(11-9-17(22)23)14-16(21)8-6-4-2;/h13,16,18,20-21H,3-12,14H2,1-2H3,(H,22,23);/q;+1/p-1/b15-13-;. The Balaban J connectivity index is 0. The van der Waals surface area contributed by atoms with Crippen LogP contribution in [-0.2, 0) is 4.79 Å². The Hall–Kier alpha value is 0.366. The molecule has 0 rings (SSSR count). The van der Waals surface area contributed by atoms with Crippen LogP contribution in [0, 0.1) is 0 Å². The molecule has 0 saturated carbocycles. The third-order valence-corrected chi connectivity index (χ3v) is 3.61. The maximum atomic E-state index is 11.5. The van der Waals surface area contributed by atoms with E-state index in [-0.39, 0.29) is 63.6 Å². The molecule has 0 spiro atoms. The molecule has 0 aromatic rings. The second-order valence-corrected chi connectivity index (χ2v) is 5.91. The molecule has 1 unspecified atom stereocenters. The fourth-order valence-corrected chi connectivity index (χ4v) is 2.21. The van der Waals surface area contributed by atoms with Gasteiger partial charge in [-0.1, -0.05) is 39.5 Å². The number of hydrogen-bond donors (Lipinski definition) is 3. The molecule has 24 heavy (non-hydrogen) atoms. The van der Waals surface area contributed by atoms with Crippen LogP contribution < -0.4 is 61.8 Å². The van der Waals surface area contributed by atoms with E-state index in [1.165, 1.54) is 6.20 Å². The normalized spacial score (nSPS) is 12.8. The molecule has 0 amide bonds. The number of unbranched alkanes of at least 4 members (excludes halogenated alkanes) is 2. The fraction of sp³-hybridized carbons (Fsp3) is 0.824. The summed E-state index contributed by atoms with van der Waals surface area (Å²) in [5.41, 5.74) is 0. The Kier molecular flexibility index (Phi) is 20.1. The first kappa shape index (κ1) is 26.6. The predicted molar refractivity (Wildman–Crippen MR) is 89.8 cm³/mol. The number of aliphatic hydroxyl groups is 1. The largest absolute Gasteiger partial charge is 1.00 e. The number of aliphatic hydroxyl groups excluding tert-OH is 1. The smallest absolute Gasteiger partial charge is 0.874 e. The van der Waals surface area contributed by atoms with E-state index in [0.29, 0.717) is 32.6 Å². The van der Waals surface area contributed by atoms with E-state index in [2.05, 4.69) is 12.2 Å². The van der Waals surface area contributed by atoms with Crippen molar-refractivity contribution in [3.63, 3.8) is 0 Å². The Morgan fingerprint density at radius 3 is 2.46 bits per heavy atom. The van der Waals surface area contributed by atoms with Crippen molar-refractivity contribution in [2.75, 3.05) is 26.2 Å². The monoisotopic (exact) mass is 368 g/mol. The molecule has 0 aromatic carbocycles. The van der Waals surface area contributed by atoms with Crippen LogP contribution in [0.25, 0.3) is 0 Å². The fourth-order valence-electron chi connectivity index (χ4n) is 2.21. The van der Waals surface area contributed by atoms with Crippen molar-refractivity contribution >= 4 is 5.97 Å². The number of hydrogen-bond acceptors (Lipinski definition) is 5. The van der Waals surface area contributed by atoms with Crippen LogP contribution in [0.1, 0.15) is 58.8 Å². The molecule has 136 valence electrons. The van der Waals surface area contributed by atoms with Gasteiger partial charge in [-0.3, -0.25) is 9.69 Å². The second kappa shape index (κ2) is 18.2. The zero-order valence-electron chi connectivity index (χ0n) is 15.6. The van der Waals surface area contributed by atoms with Gasteiger partial charge in [0.2, 0.25) is 0 Å². The van der Waals surface area contributed by atoms with Gasteiger partial charge in [-0.2, -0.15) is 0 Å². The summed E-state index contributed by atoms with van der Waals surface area (Å²) in [6, 6.07) is 0. The van der Waals surface area contributed by atoms with Crippen molar-refractivity contribution in [2.45, 2.75) is 64.9 Å². The minimum Gasteiger partial charge on any atom is -0.874 e. The molecular weight excluding hydrogens is 335 g/mol. The first-order valence-corrected chi connectivity index (χ1v) is 8.71. The molecule has 0 saturated heterocycles. The second-order valence-electron chi connectivity index (χ2n) is 5.91. The number of rotatable bonds is 15. The van der Waals surface area contributed by atoms with Crippen molar-refractivity contribution in [1.29, 1.82) is 0 Å². The van der Waals surface area contributed by atoms with E-state index in [1.54, 1.807) is 0 Å². The van der Waals surface area contributed by atoms with E-state index in [1.807, 2.05) is 11.8 Å². The molecule has 0 aliphatic heterocycles. The van der Waals surface area contributed by atoms with E-state index < -0.39 is 12.1 Å². The maximum Gasteiger partial charge on any atom is 1.00 e. The minimum atomic E-state index is -0.840. The molecule has 0 aromatic heterocycles. The molecule has 0 aliphatic carbocycles. The van der Waals surface area contributed by atoms with Crippen molar-refractivity contribution in [3.8, 4) is 0 Å². The van der Waals surface area contributed by atoms with Crippen molar-refractivity contribution < 1.29 is 71.5 Å². The zero-order chi connectivity index (χ0) is 17.5. The molecule has 0 radical (unpaired) electrons. The summed E-state index contributed by atoms with van der Waals surface area (Å²) in [5, 5.41) is 33.3. The summed E-state index contributed by atoms with van der Waals surface area (Å²) in [4.78, 5) is 12.7. The molecule has 0 bridgehead atoms. The molecule has 6 nitrogen and oxygen atoms in total. The summed E-state index contributed by atoms with van der Waals surface area (Å²) in [6.45, 7) is 6.17. The Labute approximate surface area is 189 Å². The Morgan fingerprint density at radius 1 is 1.21 bits per heavy atom. The first-order valence-electron chi connectivity index (χ1n) is 8.71. The minimum absolute atomic E-state index is 0. The van der Waals surface area contributed by atoms with Crippen molar-refractivity contribution in [3.05, 3.63) is 12.0 Å². The number of aliphatic carboxylic acids is 1. The van der Waals surface area contributed by atoms with Crippen LogP contribution >= 0.6 is 0 Å². The molecule has 7 heteroatoms. The van der Waals surface area contributed by atoms with Crippen LogP contribution in [0.2, 0.25) is 0 Å². The summed E-state index contributed by atoms with van der Waals surface area (Å²) in [5.74, 6) is -0.751. The van der Waals surface area contributed by atoms with Crippen LogP contribution in [-0.4, -0.2) is 53.4 Å². The van der Waals surface area contributed by atoms with Crippen molar-refractivity contribution in [1.82, 2.24) is 10.2 Å². The first-order chi connectivity index (χ1) is 11.0. The summed E-state index contributed by atoms with van der Waals surface area (Å²) in [7, 11) is 0. The average Bonchev–Trinajstić information content (AvgIpc) is 2.52. The van der Waals surface area contributed by atoms with E-state index in [9.17, 15) is 15.0 Å². The van der Waals surface area contributed by atoms with Crippen LogP contribution in [0.15, 0.2) is 12.0 Å². The van der Waals surface area contributed by atoms with Gasteiger partial charge in [-0.05, 0) is 19.0 Å². The molecular formula is C17H33KN2O4. The molecule has 1 atom stereocenters. The van der Waals surface area contributed by atoms with Gasteiger partial charge in [-0.25, -0.2) is 0 Å². The average molecular weight is 369 g/mol. The third kappa shape index (κ3) is 17.2. The van der Waals surface area contributed by atoms with Gasteiger partial charge in [0.25, 0.3) is 0 Å². The molecule has 0 fully saturated rings. The Morgan fingerprint density at radius 2 is 1.88 bits per heavy atom. The van der Waals surface area contributed by atoms with Crippen LogP contribution in [0.4, 0.5) is 0 Å². The van der Waals surface area contributed by atoms with Gasteiger partial charge < -0.3 is 20.6 Å². The van der Waals surface area contributed by atoms with Crippen LogP contribution in [0.5, 0.6) is 0 Å². The SMILES string of the molecule is CCCC/C([O-])=C/NCCN(CCC(=O)O)CC(O)CCCC.[K+]. The van der Waals surface area contributed by atoms with Gasteiger partial charge >= 0.3 is 57.4 Å². The van der Waals surface area contributed by atoms with Gasteiger partial charge in [0.1, 0.15) is 0 Å². The third-order valence-electron chi connectivity index (χ3n) is 3.61. The number of nitrogens with one attached hydrogen (secondary N) is 1. The number of allylic oxidation sites excluding steroid dienone is 1. The van der Waals surface area contributed by atoms with Gasteiger partial charge in [-0.15, -0.1) is 5.76 Å². The topological polar surface area (TPSA) is 95.9 Å². The van der Waals surface area contributed by atoms with E-state index >= 15 is 0 Å². The quantitative estimate of drug-likeness (QED) is 0.181. The summed E-state index contributed by atoms with van der Waals surface area (Å²) in [6.07, 6.45) is 6.30. The Bertz CT molecular complexity index is 341. The molecule has 0 heterocycles. The maximum absolute atomic E-state index is 11.5. The zero-order valence-corrected chi connectivity index (χ0v) is 18.7. The van der Waals surface area contributed by atoms with Crippen molar-refractivity contribution in [2.24, 2.45) is 0 Å². The molecule has 0 aliphatic rings. The number of carbonyl (C=O) groups is 1. The number of carboxylic acids is 1. The van der Waals surface area contributed by atoms with Gasteiger partial charge in [0.05, 0.1) is 12.5 Å². The summed E-state index contributed by atoms with van der Waals surface area (Å²) >= 11 is 0. The number of nitrogens with zero attached hydrogens (tertiary/aromatic N) is 1. The predicted octanol–water partition coefficient (Wildman–Crippen LogP) is -1.70. The van der Waals surface area contributed by atoms with Gasteiger partial charge in [0, 0.05) is 26.2 Å². The van der Waals surface area contributed by atoms with Gasteiger partial charge in [0.15, 0.2) is 0 Å². The van der Waals surface area contributed by atoms with Crippen LogP contribution in [0.3, 0.4) is 0 Å². The summed E-state index contributed by atoms with van der Waals surface area (Å²) < 4.78 is 0.